The van der Waals surface area contributed by atoms with E-state index in [1.165, 1.54) is 11.8 Å². The van der Waals surface area contributed by atoms with Gasteiger partial charge in [0.25, 0.3) is 0 Å². The number of thioether (sulfide) groups is 1. The molecule has 0 bridgehead atoms. The Morgan fingerprint density at radius 2 is 1.88 bits per heavy atom. The van der Waals surface area contributed by atoms with Crippen LogP contribution in [0.4, 0.5) is 0 Å². The summed E-state index contributed by atoms with van der Waals surface area (Å²) in [6, 6.07) is 15.9. The second-order valence-electron chi connectivity index (χ2n) is 6.95. The Balaban J connectivity index is 1.37. The molecule has 2 aromatic heterocycles. The van der Waals surface area contributed by atoms with Crippen molar-refractivity contribution < 1.29 is 14.3 Å². The molecule has 4 rings (SSSR count). The first kappa shape index (κ1) is 22.1. The van der Waals surface area contributed by atoms with Crippen molar-refractivity contribution in [1.29, 1.82) is 0 Å². The molecule has 0 radical (unpaired) electrons. The van der Waals surface area contributed by atoms with Crippen molar-refractivity contribution in [3.05, 3.63) is 65.8 Å². The van der Waals surface area contributed by atoms with Crippen LogP contribution < -0.4 is 14.8 Å². The van der Waals surface area contributed by atoms with Crippen LogP contribution in [0.15, 0.2) is 65.3 Å². The number of methoxy groups -OCH3 is 2. The molecule has 32 heavy (non-hydrogen) atoms. The smallest absolute Gasteiger partial charge is 0.230 e. The Morgan fingerprint density at radius 3 is 2.66 bits per heavy atom. The van der Waals surface area contributed by atoms with Gasteiger partial charge in [-0.25, -0.2) is 9.97 Å². The number of hydrogen-bond donors (Lipinski definition) is 1. The fraction of sp³-hybridized carbons (Fsp3) is 0.208. The third-order valence-electron chi connectivity index (χ3n) is 4.94. The van der Waals surface area contributed by atoms with Crippen LogP contribution in [-0.2, 0) is 11.2 Å². The number of fused-ring (bicyclic) bond motifs is 1. The lowest BCUT2D eigenvalue weighted by molar-refractivity contribution is -0.118. The highest BCUT2D eigenvalue weighted by Crippen LogP contribution is 2.37. The Hall–Kier alpha value is -3.10. The average molecular weight is 466 g/mol. The molecule has 0 aliphatic carbocycles. The van der Waals surface area contributed by atoms with Gasteiger partial charge in [-0.05, 0) is 29.7 Å². The van der Waals surface area contributed by atoms with E-state index in [0.717, 1.165) is 31.9 Å². The quantitative estimate of drug-likeness (QED) is 0.282. The minimum atomic E-state index is -0.0290. The maximum atomic E-state index is 12.4. The van der Waals surface area contributed by atoms with Gasteiger partial charge in [-0.1, -0.05) is 48.2 Å². The molecule has 6 nitrogen and oxygen atoms in total. The Kier molecular flexibility index (Phi) is 7.24. The summed E-state index contributed by atoms with van der Waals surface area (Å²) < 4.78 is 10.6. The molecule has 0 fully saturated rings. The van der Waals surface area contributed by atoms with Crippen molar-refractivity contribution in [2.45, 2.75) is 11.4 Å². The molecule has 1 N–H and O–H groups in total. The molecule has 0 unspecified atom stereocenters. The Morgan fingerprint density at radius 1 is 1.06 bits per heavy atom. The van der Waals surface area contributed by atoms with E-state index < -0.39 is 0 Å². The van der Waals surface area contributed by atoms with E-state index in [1.54, 1.807) is 31.9 Å². The molecule has 0 atom stereocenters. The summed E-state index contributed by atoms with van der Waals surface area (Å²) in [5, 5.41) is 6.91. The number of nitrogens with one attached hydrogen (secondary N) is 1. The summed E-state index contributed by atoms with van der Waals surface area (Å²) >= 11 is 3.03. The molecule has 0 aliphatic rings. The van der Waals surface area contributed by atoms with Crippen LogP contribution in [0.25, 0.3) is 21.3 Å². The zero-order valence-corrected chi connectivity index (χ0v) is 19.5. The average Bonchev–Trinajstić information content (AvgIpc) is 3.28. The van der Waals surface area contributed by atoms with Crippen LogP contribution in [-0.4, -0.2) is 42.4 Å². The van der Waals surface area contributed by atoms with Gasteiger partial charge in [-0.3, -0.25) is 4.79 Å². The van der Waals surface area contributed by atoms with Crippen LogP contribution in [0, 0.1) is 0 Å². The maximum Gasteiger partial charge on any atom is 0.230 e. The Bertz CT molecular complexity index is 1210. The highest BCUT2D eigenvalue weighted by Gasteiger charge is 2.14. The standard InChI is InChI=1S/C24H23N3O3S2/c1-29-19-9-8-16(12-20(19)30-2)10-11-25-21(28)14-32-24-22-18(17-6-4-3-5-7-17)13-31-23(22)26-15-27-24/h3-9,12-13,15H,10-11,14H2,1-2H3,(H,25,28). The molecular formula is C24H23N3O3S2. The molecule has 0 spiro atoms. The lowest BCUT2D eigenvalue weighted by atomic mass is 10.1. The monoisotopic (exact) mass is 465 g/mol. The van der Waals surface area contributed by atoms with Crippen molar-refractivity contribution >= 4 is 39.2 Å². The molecule has 2 aromatic carbocycles. The zero-order valence-electron chi connectivity index (χ0n) is 17.8. The van der Waals surface area contributed by atoms with Crippen molar-refractivity contribution in [3.63, 3.8) is 0 Å². The van der Waals surface area contributed by atoms with Crippen molar-refractivity contribution in [2.24, 2.45) is 0 Å². The van der Waals surface area contributed by atoms with E-state index in [2.05, 4.69) is 32.8 Å². The second-order valence-corrected chi connectivity index (χ2v) is 8.77. The summed E-state index contributed by atoms with van der Waals surface area (Å²) in [7, 11) is 3.22. The highest BCUT2D eigenvalue weighted by atomic mass is 32.2. The number of nitrogens with zero attached hydrogens (tertiary/aromatic N) is 2. The molecular weight excluding hydrogens is 442 g/mol. The van der Waals surface area contributed by atoms with Crippen LogP contribution in [0.2, 0.25) is 0 Å². The van der Waals surface area contributed by atoms with Gasteiger partial charge in [0.05, 0.1) is 25.4 Å². The van der Waals surface area contributed by atoms with E-state index in [0.29, 0.717) is 30.2 Å². The van der Waals surface area contributed by atoms with E-state index in [4.69, 9.17) is 9.47 Å². The molecule has 0 saturated carbocycles. The fourth-order valence-corrected chi connectivity index (χ4v) is 5.18. The second kappa shape index (κ2) is 10.5. The minimum Gasteiger partial charge on any atom is -0.493 e. The highest BCUT2D eigenvalue weighted by molar-refractivity contribution is 8.00. The van der Waals surface area contributed by atoms with Crippen molar-refractivity contribution in [1.82, 2.24) is 15.3 Å². The first-order valence-electron chi connectivity index (χ1n) is 10.1. The molecule has 1 amide bonds. The van der Waals surface area contributed by atoms with Gasteiger partial charge >= 0.3 is 0 Å². The summed E-state index contributed by atoms with van der Waals surface area (Å²) in [5.74, 6) is 1.64. The van der Waals surface area contributed by atoms with E-state index >= 15 is 0 Å². The minimum absolute atomic E-state index is 0.0290. The summed E-state index contributed by atoms with van der Waals surface area (Å²) in [6.45, 7) is 0.543. The molecule has 0 saturated heterocycles. The van der Waals surface area contributed by atoms with Crippen molar-refractivity contribution in [3.8, 4) is 22.6 Å². The van der Waals surface area contributed by atoms with Crippen LogP contribution >= 0.6 is 23.1 Å². The number of benzene rings is 2. The first-order chi connectivity index (χ1) is 15.7. The van der Waals surface area contributed by atoms with E-state index in [9.17, 15) is 4.79 Å². The lowest BCUT2D eigenvalue weighted by Gasteiger charge is -2.10. The predicted molar refractivity (Wildman–Crippen MR) is 130 cm³/mol. The summed E-state index contributed by atoms with van der Waals surface area (Å²) in [6.07, 6.45) is 2.27. The number of thiophene rings is 1. The van der Waals surface area contributed by atoms with Crippen molar-refractivity contribution in [2.75, 3.05) is 26.5 Å². The molecule has 164 valence electrons. The summed E-state index contributed by atoms with van der Waals surface area (Å²) in [5.41, 5.74) is 3.29. The normalized spacial score (nSPS) is 10.8. The number of amides is 1. The van der Waals surface area contributed by atoms with E-state index in [1.807, 2.05) is 36.4 Å². The van der Waals surface area contributed by atoms with Crippen LogP contribution in [0.3, 0.4) is 0 Å². The van der Waals surface area contributed by atoms with Gasteiger partial charge in [0.2, 0.25) is 5.91 Å². The molecule has 0 aliphatic heterocycles. The number of rotatable bonds is 9. The van der Waals surface area contributed by atoms with Gasteiger partial charge in [0.15, 0.2) is 11.5 Å². The van der Waals surface area contributed by atoms with Gasteiger partial charge in [0, 0.05) is 17.5 Å². The summed E-state index contributed by atoms with van der Waals surface area (Å²) in [4.78, 5) is 22.2. The maximum absolute atomic E-state index is 12.4. The molecule has 8 heteroatoms. The van der Waals surface area contributed by atoms with Gasteiger partial charge < -0.3 is 14.8 Å². The van der Waals surface area contributed by atoms with Gasteiger partial charge in [0.1, 0.15) is 16.2 Å². The Labute approximate surface area is 195 Å². The van der Waals surface area contributed by atoms with E-state index in [-0.39, 0.29) is 5.91 Å². The molecule has 2 heterocycles. The number of carbonyl (C=O) groups excluding carboxylic acids is 1. The van der Waals surface area contributed by atoms with Crippen LogP contribution in [0.5, 0.6) is 11.5 Å². The predicted octanol–water partition coefficient (Wildman–Crippen LogP) is 4.83. The third kappa shape index (κ3) is 5.03. The van der Waals surface area contributed by atoms with Gasteiger partial charge in [-0.2, -0.15) is 0 Å². The first-order valence-corrected chi connectivity index (χ1v) is 11.9. The third-order valence-corrected chi connectivity index (χ3v) is 6.82. The molecule has 4 aromatic rings. The SMILES string of the molecule is COc1ccc(CCNC(=O)CSc2ncnc3scc(-c4ccccc4)c23)cc1OC. The van der Waals surface area contributed by atoms with Crippen LogP contribution in [0.1, 0.15) is 5.56 Å². The number of carbonyl (C=O) groups is 1. The fourth-order valence-electron chi connectivity index (χ4n) is 3.35. The zero-order chi connectivity index (χ0) is 22.3. The number of hydrogen-bond acceptors (Lipinski definition) is 7. The van der Waals surface area contributed by atoms with Gasteiger partial charge in [-0.15, -0.1) is 11.3 Å². The lowest BCUT2D eigenvalue weighted by Crippen LogP contribution is -2.27. The number of ether oxygens (including phenoxy) is 2. The number of aromatic nitrogens is 2. The topological polar surface area (TPSA) is 73.3 Å². The largest absolute Gasteiger partial charge is 0.493 e.